The average molecular weight is 597 g/mol. The molecule has 43 heavy (non-hydrogen) atoms. The fourth-order valence-corrected chi connectivity index (χ4v) is 5.79. The number of amides is 2. The van der Waals surface area contributed by atoms with E-state index in [1.165, 1.54) is 13.4 Å². The summed E-state index contributed by atoms with van der Waals surface area (Å²) in [6.07, 6.45) is 4.95. The normalized spacial score (nSPS) is 23.4. The van der Waals surface area contributed by atoms with Crippen LogP contribution in [0.5, 0.6) is 0 Å². The molecule has 4 rings (SSSR count). The van der Waals surface area contributed by atoms with Crippen molar-refractivity contribution in [3.63, 3.8) is 0 Å². The Morgan fingerprint density at radius 2 is 1.88 bits per heavy atom. The minimum Gasteiger partial charge on any atom is -0.468 e. The molecular weight excluding hydrogens is 552 g/mol. The van der Waals surface area contributed by atoms with E-state index in [0.717, 1.165) is 18.4 Å². The highest BCUT2D eigenvalue weighted by Crippen LogP contribution is 2.50. The molecule has 3 heterocycles. The number of hydrogen-bond donors (Lipinski definition) is 1. The van der Waals surface area contributed by atoms with Gasteiger partial charge in [0.05, 0.1) is 39.2 Å². The van der Waals surface area contributed by atoms with E-state index in [2.05, 4.69) is 12.2 Å². The van der Waals surface area contributed by atoms with Crippen molar-refractivity contribution in [3.8, 4) is 0 Å². The van der Waals surface area contributed by atoms with Crippen molar-refractivity contribution in [2.24, 2.45) is 11.3 Å². The monoisotopic (exact) mass is 596 g/mol. The first-order valence-corrected chi connectivity index (χ1v) is 15.1. The van der Waals surface area contributed by atoms with Crippen LogP contribution in [0.25, 0.3) is 0 Å². The topological polar surface area (TPSA) is 117 Å². The van der Waals surface area contributed by atoms with Crippen molar-refractivity contribution in [3.05, 3.63) is 71.8 Å². The van der Waals surface area contributed by atoms with E-state index in [0.29, 0.717) is 44.2 Å². The third kappa shape index (κ3) is 8.13. The second-order valence-corrected chi connectivity index (χ2v) is 11.1. The molecule has 0 bridgehead atoms. The summed E-state index contributed by atoms with van der Waals surface area (Å²) in [4.78, 5) is 42.1. The molecule has 1 saturated heterocycles. The van der Waals surface area contributed by atoms with Crippen molar-refractivity contribution >= 4 is 17.8 Å². The maximum Gasteiger partial charge on any atom is 0.320 e. The van der Waals surface area contributed by atoms with Crippen LogP contribution in [0.4, 0.5) is 0 Å². The quantitative estimate of drug-likeness (QED) is 0.224. The number of hydrogen-bond acceptors (Lipinski definition) is 8. The molecular formula is C33H44N2O8. The van der Waals surface area contributed by atoms with Crippen LogP contribution in [0, 0.1) is 11.3 Å². The van der Waals surface area contributed by atoms with Gasteiger partial charge in [0.15, 0.2) is 0 Å². The summed E-state index contributed by atoms with van der Waals surface area (Å²) in [5, 5.41) is 2.90. The number of nitrogens with zero attached hydrogens (tertiary/aromatic N) is 1. The lowest BCUT2D eigenvalue weighted by atomic mass is 9.66. The molecule has 2 amide bonds. The van der Waals surface area contributed by atoms with Gasteiger partial charge >= 0.3 is 5.97 Å². The van der Waals surface area contributed by atoms with E-state index in [-0.39, 0.29) is 37.8 Å². The Balaban J connectivity index is 1.52. The van der Waals surface area contributed by atoms with Crippen LogP contribution in [0.15, 0.2) is 64.9 Å². The van der Waals surface area contributed by atoms with Crippen LogP contribution in [0.1, 0.15) is 57.3 Å². The Kier molecular flexibility index (Phi) is 12.0. The lowest BCUT2D eigenvalue weighted by Gasteiger charge is -2.51. The standard InChI is InChI=1S/C33H44N2O8/c1-4-5-15-40-16-10-14-34-30(36)18-26-20-33(32(38)39-3)24(2)43-28(23-41-22-25-11-7-6-8-12-25)19-29(33)35(31(26)37)21-27-13-9-17-42-27/h6-9,11-13,17,19,24,26,28H,4-5,10,14-16,18,20-23H2,1-3H3,(H,34,36)/t24-,26+,28-,33+/m1/s1. The second-order valence-electron chi connectivity index (χ2n) is 11.1. The molecule has 0 saturated carbocycles. The molecule has 0 unspecified atom stereocenters. The van der Waals surface area contributed by atoms with Crippen LogP contribution < -0.4 is 5.32 Å². The molecule has 2 aromatic rings. The van der Waals surface area contributed by atoms with Gasteiger partial charge in [-0.15, -0.1) is 0 Å². The van der Waals surface area contributed by atoms with Gasteiger partial charge < -0.3 is 33.6 Å². The molecule has 4 atom stereocenters. The third-order valence-corrected chi connectivity index (χ3v) is 8.05. The summed E-state index contributed by atoms with van der Waals surface area (Å²) in [6.45, 7) is 6.37. The van der Waals surface area contributed by atoms with Gasteiger partial charge in [0, 0.05) is 37.8 Å². The van der Waals surface area contributed by atoms with Gasteiger partial charge in [-0.1, -0.05) is 43.7 Å². The first-order chi connectivity index (χ1) is 20.9. The van der Waals surface area contributed by atoms with E-state index in [1.54, 1.807) is 23.1 Å². The maximum atomic E-state index is 14.0. The molecule has 1 fully saturated rings. The van der Waals surface area contributed by atoms with Crippen LogP contribution >= 0.6 is 0 Å². The number of piperidine rings is 1. The molecule has 1 aromatic carbocycles. The highest BCUT2D eigenvalue weighted by molar-refractivity contribution is 5.92. The van der Waals surface area contributed by atoms with Crippen LogP contribution in [0.3, 0.4) is 0 Å². The molecule has 2 aliphatic rings. The number of fused-ring (bicyclic) bond motifs is 1. The number of nitrogens with one attached hydrogen (secondary N) is 1. The molecule has 234 valence electrons. The van der Waals surface area contributed by atoms with Gasteiger partial charge in [-0.2, -0.15) is 0 Å². The number of esters is 1. The fourth-order valence-electron chi connectivity index (χ4n) is 5.79. The number of carbonyl (C=O) groups is 3. The van der Waals surface area contributed by atoms with Gasteiger partial charge in [0.1, 0.15) is 17.3 Å². The molecule has 0 aliphatic carbocycles. The van der Waals surface area contributed by atoms with E-state index < -0.39 is 29.5 Å². The van der Waals surface area contributed by atoms with Gasteiger partial charge in [0.2, 0.25) is 11.8 Å². The molecule has 1 aromatic heterocycles. The van der Waals surface area contributed by atoms with Crippen molar-refractivity contribution in [2.75, 3.05) is 33.5 Å². The number of ether oxygens (including phenoxy) is 4. The van der Waals surface area contributed by atoms with Gasteiger partial charge in [-0.25, -0.2) is 0 Å². The van der Waals surface area contributed by atoms with Crippen molar-refractivity contribution in [1.29, 1.82) is 0 Å². The Morgan fingerprint density at radius 1 is 1.09 bits per heavy atom. The lowest BCUT2D eigenvalue weighted by Crippen LogP contribution is -2.60. The molecule has 0 radical (unpaired) electrons. The summed E-state index contributed by atoms with van der Waals surface area (Å²) in [6, 6.07) is 13.3. The maximum absolute atomic E-state index is 14.0. The Hall–Kier alpha value is -3.47. The summed E-state index contributed by atoms with van der Waals surface area (Å²) in [7, 11) is 1.33. The molecule has 1 N–H and O–H groups in total. The van der Waals surface area contributed by atoms with E-state index in [1.807, 2.05) is 37.3 Å². The van der Waals surface area contributed by atoms with Crippen molar-refractivity contribution in [1.82, 2.24) is 10.2 Å². The number of methoxy groups -OCH3 is 1. The largest absolute Gasteiger partial charge is 0.468 e. The van der Waals surface area contributed by atoms with Crippen molar-refractivity contribution < 1.29 is 37.7 Å². The highest BCUT2D eigenvalue weighted by Gasteiger charge is 2.59. The average Bonchev–Trinajstić information content (AvgIpc) is 3.53. The first-order valence-electron chi connectivity index (χ1n) is 15.1. The molecule has 10 nitrogen and oxygen atoms in total. The van der Waals surface area contributed by atoms with Crippen LogP contribution in [0.2, 0.25) is 0 Å². The predicted octanol–water partition coefficient (Wildman–Crippen LogP) is 4.39. The van der Waals surface area contributed by atoms with E-state index in [9.17, 15) is 14.4 Å². The molecule has 2 aliphatic heterocycles. The van der Waals surface area contributed by atoms with E-state index in [4.69, 9.17) is 23.4 Å². The lowest BCUT2D eigenvalue weighted by molar-refractivity contribution is -0.178. The van der Waals surface area contributed by atoms with E-state index >= 15 is 0 Å². The summed E-state index contributed by atoms with van der Waals surface area (Å²) in [5.41, 5.74) is 0.234. The highest BCUT2D eigenvalue weighted by atomic mass is 16.6. The summed E-state index contributed by atoms with van der Waals surface area (Å²) < 4.78 is 28.8. The van der Waals surface area contributed by atoms with Crippen molar-refractivity contribution in [2.45, 2.75) is 71.3 Å². The summed E-state index contributed by atoms with van der Waals surface area (Å²) in [5.74, 6) is -1.23. The number of benzene rings is 1. The predicted molar refractivity (Wildman–Crippen MR) is 158 cm³/mol. The van der Waals surface area contributed by atoms with Crippen LogP contribution in [-0.2, 0) is 46.5 Å². The Labute approximate surface area is 253 Å². The molecule has 10 heteroatoms. The number of furan rings is 1. The number of rotatable bonds is 16. The van der Waals surface area contributed by atoms with Crippen LogP contribution in [-0.4, -0.2) is 68.4 Å². The smallest absolute Gasteiger partial charge is 0.320 e. The number of likely N-dealkylation sites (tertiary alicyclic amines) is 1. The van der Waals surface area contributed by atoms with Gasteiger partial charge in [-0.05, 0) is 50.0 Å². The molecule has 0 spiro atoms. The zero-order valence-electron chi connectivity index (χ0n) is 25.4. The minimum atomic E-state index is -1.29. The SMILES string of the molecule is CCCCOCCCNC(=O)C[C@H]1C[C@@]2(C(=O)OC)C(=C[C@H](COCc3ccccc3)O[C@@H]2C)N(Cc2ccco2)C1=O. The third-order valence-electron chi connectivity index (χ3n) is 8.05. The first kappa shape index (κ1) is 32.4. The second kappa shape index (κ2) is 15.8. The fraction of sp³-hybridized carbons (Fsp3) is 0.545. The summed E-state index contributed by atoms with van der Waals surface area (Å²) >= 11 is 0. The van der Waals surface area contributed by atoms with Gasteiger partial charge in [0.25, 0.3) is 0 Å². The number of unbranched alkanes of at least 4 members (excludes halogenated alkanes) is 1. The Bertz CT molecular complexity index is 1210. The minimum absolute atomic E-state index is 0.0630. The van der Waals surface area contributed by atoms with Gasteiger partial charge in [-0.3, -0.25) is 14.4 Å². The zero-order chi connectivity index (χ0) is 30.7. The number of carbonyl (C=O) groups excluding carboxylic acids is 3. The Morgan fingerprint density at radius 3 is 2.60 bits per heavy atom. The zero-order valence-corrected chi connectivity index (χ0v) is 25.4.